The molecule has 276 valence electrons. The Morgan fingerprint density at radius 2 is 1.54 bits per heavy atom. The quantitative estimate of drug-likeness (QED) is 0.0356. The first-order chi connectivity index (χ1) is 24.0. The van der Waals surface area contributed by atoms with Gasteiger partial charge in [0.2, 0.25) is 11.2 Å². The van der Waals surface area contributed by atoms with Gasteiger partial charge in [0, 0.05) is 46.6 Å². The van der Waals surface area contributed by atoms with E-state index in [-0.39, 0.29) is 47.5 Å². The summed E-state index contributed by atoms with van der Waals surface area (Å²) in [7, 11) is 0. The van der Waals surface area contributed by atoms with E-state index in [0.29, 0.717) is 65.9 Å². The molecule has 2 aliphatic heterocycles. The van der Waals surface area contributed by atoms with Crippen LogP contribution in [-0.2, 0) is 57.1 Å². The Balaban J connectivity index is 1.49. The molecule has 50 heavy (non-hydrogen) atoms. The van der Waals surface area contributed by atoms with Gasteiger partial charge >= 0.3 is 17.9 Å². The first kappa shape index (κ1) is 40.3. The largest absolute Gasteiger partial charge is 0.463 e. The molecule has 0 spiro atoms. The molecule has 1 amide bonds. The summed E-state index contributed by atoms with van der Waals surface area (Å²) in [6, 6.07) is 0. The van der Waals surface area contributed by atoms with Crippen LogP contribution in [0.5, 0.6) is 0 Å². The summed E-state index contributed by atoms with van der Waals surface area (Å²) in [5.74, 6) is 0.236. The summed E-state index contributed by atoms with van der Waals surface area (Å²) in [5, 5.41) is 13.7. The van der Waals surface area contributed by atoms with Crippen molar-refractivity contribution < 1.29 is 57.1 Å². The molecule has 3 N–H and O–H groups in total. The number of amides is 1. The summed E-state index contributed by atoms with van der Waals surface area (Å²) in [6.07, 6.45) is 1.61. The van der Waals surface area contributed by atoms with Crippen LogP contribution in [-0.4, -0.2) is 144 Å². The van der Waals surface area contributed by atoms with Crippen LogP contribution in [0.2, 0.25) is 5.28 Å². The highest BCUT2D eigenvalue weighted by Crippen LogP contribution is 2.33. The number of ether oxygens (including phenoxy) is 8. The SMILES string of the molecule is C#CCOCCOCCOCCOCCNC(=O)C1CN(c2nc(Cl)nc(N[C@@H]3O[C@H](COC(C)=O)[C@@H](OC(C)=O)[C@H]3OC(C)=O)c2C=N)C1. The minimum Gasteiger partial charge on any atom is -0.463 e. The number of nitrogens with one attached hydrogen (secondary N) is 3. The van der Waals surface area contributed by atoms with Gasteiger partial charge in [-0.3, -0.25) is 19.2 Å². The molecule has 2 saturated heterocycles. The van der Waals surface area contributed by atoms with Crippen LogP contribution in [0, 0.1) is 23.7 Å². The van der Waals surface area contributed by atoms with Crippen LogP contribution in [0.1, 0.15) is 26.3 Å². The highest BCUT2D eigenvalue weighted by molar-refractivity contribution is 6.28. The Kier molecular flexibility index (Phi) is 17.1. The molecular weight excluding hydrogens is 684 g/mol. The van der Waals surface area contributed by atoms with E-state index in [2.05, 4.69) is 26.5 Å². The second-order valence-electron chi connectivity index (χ2n) is 10.9. The minimum atomic E-state index is -1.18. The number of nitrogens with zero attached hydrogens (tertiary/aromatic N) is 3. The van der Waals surface area contributed by atoms with Gasteiger partial charge < -0.3 is 58.8 Å². The fourth-order valence-electron chi connectivity index (χ4n) is 4.88. The number of hydrogen-bond acceptors (Lipinski definition) is 17. The maximum atomic E-state index is 12.7. The Labute approximate surface area is 294 Å². The summed E-state index contributed by atoms with van der Waals surface area (Å²) in [6.45, 7) is 7.17. The monoisotopic (exact) mass is 726 g/mol. The van der Waals surface area contributed by atoms with Crippen molar-refractivity contribution in [2.75, 3.05) is 89.3 Å². The average molecular weight is 727 g/mol. The topological polar surface area (TPSA) is 219 Å². The summed E-state index contributed by atoms with van der Waals surface area (Å²) >= 11 is 6.26. The lowest BCUT2D eigenvalue weighted by atomic mass is 9.98. The number of anilines is 2. The lowest BCUT2D eigenvalue weighted by Gasteiger charge is -2.40. The highest BCUT2D eigenvalue weighted by atomic mass is 35.5. The van der Waals surface area contributed by atoms with Crippen LogP contribution in [0.4, 0.5) is 11.6 Å². The van der Waals surface area contributed by atoms with E-state index in [0.717, 1.165) is 6.21 Å². The van der Waals surface area contributed by atoms with Gasteiger partial charge in [0.15, 0.2) is 18.4 Å². The molecule has 18 nitrogen and oxygen atoms in total. The van der Waals surface area contributed by atoms with Crippen molar-refractivity contribution in [2.45, 2.75) is 45.3 Å². The average Bonchev–Trinajstić information content (AvgIpc) is 3.33. The molecule has 3 rings (SSSR count). The normalized spacial score (nSPS) is 19.9. The molecule has 0 saturated carbocycles. The van der Waals surface area contributed by atoms with Gasteiger partial charge in [0.1, 0.15) is 31.0 Å². The van der Waals surface area contributed by atoms with Gasteiger partial charge in [-0.1, -0.05) is 5.92 Å². The van der Waals surface area contributed by atoms with Crippen molar-refractivity contribution in [3.05, 3.63) is 10.8 Å². The minimum absolute atomic E-state index is 0.0547. The molecule has 2 aliphatic rings. The van der Waals surface area contributed by atoms with E-state index in [1.54, 1.807) is 4.90 Å². The number of carbonyl (C=O) groups excluding carboxylic acids is 4. The van der Waals surface area contributed by atoms with Crippen LogP contribution >= 0.6 is 11.6 Å². The first-order valence-electron chi connectivity index (χ1n) is 15.8. The molecule has 1 aromatic rings. The fourth-order valence-corrected chi connectivity index (χ4v) is 5.05. The molecule has 19 heteroatoms. The first-order valence-corrected chi connectivity index (χ1v) is 16.2. The maximum Gasteiger partial charge on any atom is 0.303 e. The van der Waals surface area contributed by atoms with Crippen LogP contribution in [0.15, 0.2) is 0 Å². The zero-order chi connectivity index (χ0) is 36.5. The number of esters is 3. The zero-order valence-electron chi connectivity index (χ0n) is 28.1. The van der Waals surface area contributed by atoms with Crippen molar-refractivity contribution >= 4 is 53.3 Å². The molecule has 0 unspecified atom stereocenters. The standard InChI is InChI=1S/C31H43ClN6O12/c1-5-7-43-9-11-45-13-14-46-12-10-44-8-6-34-29(42)22-16-38(17-22)28-23(15-33)27(36-31(32)37-28)35-30-26(49-21(4)41)25(48-20(3)40)24(50-30)18-47-19(2)39/h1,15,22,24-26,30,33H,6-14,16-18H2,2-4H3,(H,34,42)(H,35,36,37)/t24-,25-,26-,30-/m1/s1. The second kappa shape index (κ2) is 21.2. The lowest BCUT2D eigenvalue weighted by Crippen LogP contribution is -2.54. The Hall–Kier alpha value is -4.12. The van der Waals surface area contributed by atoms with Crippen molar-refractivity contribution in [2.24, 2.45) is 5.92 Å². The summed E-state index contributed by atoms with van der Waals surface area (Å²) < 4.78 is 43.2. The lowest BCUT2D eigenvalue weighted by molar-refractivity contribution is -0.165. The molecule has 0 bridgehead atoms. The van der Waals surface area contributed by atoms with Crippen molar-refractivity contribution in [3.8, 4) is 12.3 Å². The van der Waals surface area contributed by atoms with Crippen LogP contribution in [0.3, 0.4) is 0 Å². The van der Waals surface area contributed by atoms with Gasteiger partial charge in [-0.15, -0.1) is 6.42 Å². The Morgan fingerprint density at radius 1 is 0.940 bits per heavy atom. The second-order valence-corrected chi connectivity index (χ2v) is 11.2. The number of aromatic nitrogens is 2. The van der Waals surface area contributed by atoms with Crippen LogP contribution in [0.25, 0.3) is 0 Å². The van der Waals surface area contributed by atoms with Gasteiger partial charge in [0.25, 0.3) is 0 Å². The molecule has 3 heterocycles. The molecule has 0 radical (unpaired) electrons. The van der Waals surface area contributed by atoms with Crippen molar-refractivity contribution in [3.63, 3.8) is 0 Å². The molecule has 4 atom stereocenters. The number of terminal acetylenes is 1. The molecule has 1 aromatic heterocycles. The number of rotatable bonds is 22. The van der Waals surface area contributed by atoms with E-state index < -0.39 is 42.4 Å². The maximum absolute atomic E-state index is 12.7. The van der Waals surface area contributed by atoms with E-state index in [1.807, 2.05) is 0 Å². The van der Waals surface area contributed by atoms with Crippen molar-refractivity contribution in [1.29, 1.82) is 5.41 Å². The Morgan fingerprint density at radius 3 is 2.12 bits per heavy atom. The zero-order valence-corrected chi connectivity index (χ0v) is 28.9. The van der Waals surface area contributed by atoms with Crippen molar-refractivity contribution in [1.82, 2.24) is 15.3 Å². The number of hydrogen-bond donors (Lipinski definition) is 3. The van der Waals surface area contributed by atoms with E-state index in [4.69, 9.17) is 61.3 Å². The number of halogens is 1. The molecule has 0 aromatic carbocycles. The molecular formula is C31H43ClN6O12. The molecule has 2 fully saturated rings. The highest BCUT2D eigenvalue weighted by Gasteiger charge is 2.50. The third-order valence-electron chi connectivity index (χ3n) is 7.09. The van der Waals surface area contributed by atoms with Gasteiger partial charge in [-0.25, -0.2) is 0 Å². The smallest absolute Gasteiger partial charge is 0.303 e. The van der Waals surface area contributed by atoms with Gasteiger partial charge in [-0.05, 0) is 11.6 Å². The number of carbonyl (C=O) groups is 4. The molecule has 0 aliphatic carbocycles. The van der Waals surface area contributed by atoms with E-state index in [1.165, 1.54) is 20.8 Å². The van der Waals surface area contributed by atoms with Gasteiger partial charge in [-0.2, -0.15) is 9.97 Å². The predicted molar refractivity (Wildman–Crippen MR) is 176 cm³/mol. The van der Waals surface area contributed by atoms with Gasteiger partial charge in [0.05, 0.1) is 57.7 Å². The summed E-state index contributed by atoms with van der Waals surface area (Å²) in [5.41, 5.74) is 0.210. The predicted octanol–water partition coefficient (Wildman–Crippen LogP) is -0.0570. The van der Waals surface area contributed by atoms with E-state index in [9.17, 15) is 19.2 Å². The van der Waals surface area contributed by atoms with E-state index >= 15 is 0 Å². The Bertz CT molecular complexity index is 1360. The van der Waals surface area contributed by atoms with Crippen LogP contribution < -0.4 is 15.5 Å². The third-order valence-corrected chi connectivity index (χ3v) is 7.25. The summed E-state index contributed by atoms with van der Waals surface area (Å²) in [4.78, 5) is 58.2. The fraction of sp³-hybridized carbons (Fsp3) is 0.645. The third kappa shape index (κ3) is 13.0.